The molecule has 1 amide bonds. The quantitative estimate of drug-likeness (QED) is 0.365. The molecule has 8 heteroatoms. The monoisotopic (exact) mass is 484 g/mol. The molecule has 0 atom stereocenters. The number of nitrogens with zero attached hydrogens (tertiary/aromatic N) is 2. The van der Waals surface area contributed by atoms with Crippen LogP contribution in [0.5, 0.6) is 0 Å². The molecule has 0 aliphatic carbocycles. The minimum absolute atomic E-state index is 0.122. The largest absolute Gasteiger partial charge is 0.283 e. The number of amides is 1. The van der Waals surface area contributed by atoms with Gasteiger partial charge in [-0.25, -0.2) is 13.4 Å². The molecular weight excluding hydrogens is 464 g/mol. The Morgan fingerprint density at radius 3 is 2.38 bits per heavy atom. The molecule has 0 aliphatic heterocycles. The first kappa shape index (κ1) is 22.5. The molecule has 0 N–H and O–H groups in total. The number of sulfone groups is 1. The summed E-state index contributed by atoms with van der Waals surface area (Å²) in [4.78, 5) is 20.0. The molecule has 0 spiro atoms. The van der Waals surface area contributed by atoms with E-state index >= 15 is 0 Å². The van der Waals surface area contributed by atoms with E-state index in [0.29, 0.717) is 16.7 Å². The van der Waals surface area contributed by atoms with Crippen molar-refractivity contribution in [2.45, 2.75) is 24.8 Å². The Kier molecular flexibility index (Phi) is 6.33. The molecule has 32 heavy (non-hydrogen) atoms. The molecule has 0 saturated carbocycles. The number of halogens is 1. The fourth-order valence-corrected chi connectivity index (χ4v) is 5.48. The average Bonchev–Trinajstić information content (AvgIpc) is 3.16. The van der Waals surface area contributed by atoms with E-state index in [4.69, 9.17) is 16.6 Å². The van der Waals surface area contributed by atoms with E-state index in [-0.39, 0.29) is 17.2 Å². The van der Waals surface area contributed by atoms with Gasteiger partial charge in [0.05, 0.1) is 28.1 Å². The maximum absolute atomic E-state index is 13.4. The third-order valence-electron chi connectivity index (χ3n) is 5.06. The zero-order chi connectivity index (χ0) is 22.9. The first-order valence-electron chi connectivity index (χ1n) is 9.91. The van der Waals surface area contributed by atoms with Crippen molar-refractivity contribution in [1.29, 1.82) is 0 Å². The highest BCUT2D eigenvalue weighted by Gasteiger charge is 2.21. The fraction of sp³-hybridized carbons (Fsp3) is 0.167. The van der Waals surface area contributed by atoms with Crippen molar-refractivity contribution in [3.8, 4) is 0 Å². The van der Waals surface area contributed by atoms with Gasteiger partial charge < -0.3 is 0 Å². The minimum atomic E-state index is -3.28. The van der Waals surface area contributed by atoms with Crippen molar-refractivity contribution in [1.82, 2.24) is 4.98 Å². The van der Waals surface area contributed by atoms with Crippen LogP contribution in [0.3, 0.4) is 0 Å². The van der Waals surface area contributed by atoms with Gasteiger partial charge in [0.25, 0.3) is 0 Å². The van der Waals surface area contributed by atoms with Crippen LogP contribution in [-0.2, 0) is 27.6 Å². The van der Waals surface area contributed by atoms with Gasteiger partial charge >= 0.3 is 0 Å². The maximum Gasteiger partial charge on any atom is 0.233 e. The lowest BCUT2D eigenvalue weighted by molar-refractivity contribution is -0.118. The number of carbonyl (C=O) groups excluding carboxylic acids is 1. The van der Waals surface area contributed by atoms with Crippen LogP contribution in [0.25, 0.3) is 10.2 Å². The zero-order valence-electron chi connectivity index (χ0n) is 17.6. The van der Waals surface area contributed by atoms with Crippen molar-refractivity contribution in [2.75, 3.05) is 11.2 Å². The van der Waals surface area contributed by atoms with E-state index in [0.717, 1.165) is 33.2 Å². The average molecular weight is 485 g/mol. The van der Waals surface area contributed by atoms with Crippen LogP contribution in [0.2, 0.25) is 5.02 Å². The van der Waals surface area contributed by atoms with Crippen molar-refractivity contribution in [3.63, 3.8) is 0 Å². The lowest BCUT2D eigenvalue weighted by Gasteiger charge is -2.20. The van der Waals surface area contributed by atoms with Gasteiger partial charge in [-0.2, -0.15) is 0 Å². The zero-order valence-corrected chi connectivity index (χ0v) is 20.0. The molecule has 164 valence electrons. The number of benzene rings is 3. The molecule has 0 bridgehead atoms. The van der Waals surface area contributed by atoms with Gasteiger partial charge in [-0.1, -0.05) is 65.4 Å². The van der Waals surface area contributed by atoms with Gasteiger partial charge in [0.1, 0.15) is 0 Å². The number of thiazole rings is 1. The van der Waals surface area contributed by atoms with E-state index in [1.807, 2.05) is 49.4 Å². The Bertz CT molecular complexity index is 1380. The number of fused-ring (bicyclic) bond motifs is 1. The maximum atomic E-state index is 13.4. The SMILES string of the molecule is Cc1cc(Cl)cc2sc(N(Cc3ccccc3)C(=O)Cc3ccc(S(C)(=O)=O)cc3)nc12. The van der Waals surface area contributed by atoms with Crippen LogP contribution >= 0.6 is 22.9 Å². The Morgan fingerprint density at radius 2 is 1.72 bits per heavy atom. The molecule has 4 aromatic rings. The molecule has 5 nitrogen and oxygen atoms in total. The van der Waals surface area contributed by atoms with E-state index in [1.165, 1.54) is 23.5 Å². The Morgan fingerprint density at radius 1 is 1.03 bits per heavy atom. The Hall–Kier alpha value is -2.74. The van der Waals surface area contributed by atoms with E-state index in [9.17, 15) is 13.2 Å². The lowest BCUT2D eigenvalue weighted by Crippen LogP contribution is -2.31. The summed E-state index contributed by atoms with van der Waals surface area (Å²) in [5.74, 6) is -0.122. The predicted octanol–water partition coefficient (Wildman–Crippen LogP) is 5.44. The second kappa shape index (κ2) is 9.02. The molecular formula is C24H21ClN2O3S2. The van der Waals surface area contributed by atoms with Gasteiger partial charge in [-0.3, -0.25) is 9.69 Å². The van der Waals surface area contributed by atoms with Crippen molar-refractivity contribution in [3.05, 3.63) is 88.4 Å². The first-order valence-corrected chi connectivity index (χ1v) is 13.0. The van der Waals surface area contributed by atoms with Crippen molar-refractivity contribution in [2.24, 2.45) is 0 Å². The number of carbonyl (C=O) groups is 1. The highest BCUT2D eigenvalue weighted by Crippen LogP contribution is 2.34. The molecule has 3 aromatic carbocycles. The van der Waals surface area contributed by atoms with Gasteiger partial charge in [-0.15, -0.1) is 0 Å². The van der Waals surface area contributed by atoms with Gasteiger partial charge in [0.15, 0.2) is 15.0 Å². The summed E-state index contributed by atoms with van der Waals surface area (Å²) in [7, 11) is -3.28. The number of aryl methyl sites for hydroxylation is 1. The standard InChI is InChI=1S/C24H21ClN2O3S2/c1-16-12-19(25)14-21-23(16)26-24(31-21)27(15-18-6-4-3-5-7-18)22(28)13-17-8-10-20(11-9-17)32(2,29)30/h3-12,14H,13,15H2,1-2H3. The van der Waals surface area contributed by atoms with Crippen LogP contribution in [0.1, 0.15) is 16.7 Å². The first-order chi connectivity index (χ1) is 15.2. The molecule has 0 fully saturated rings. The summed E-state index contributed by atoms with van der Waals surface area (Å²) in [5, 5.41) is 1.24. The van der Waals surface area contributed by atoms with Gasteiger partial charge in [-0.05, 0) is 47.9 Å². The second-order valence-corrected chi connectivity index (χ2v) is 11.1. The minimum Gasteiger partial charge on any atom is -0.283 e. The predicted molar refractivity (Wildman–Crippen MR) is 130 cm³/mol. The van der Waals surface area contributed by atoms with Crippen molar-refractivity contribution < 1.29 is 13.2 Å². The van der Waals surface area contributed by atoms with Crippen LogP contribution in [-0.4, -0.2) is 25.6 Å². The van der Waals surface area contributed by atoms with Crippen LogP contribution < -0.4 is 4.90 Å². The number of anilines is 1. The van der Waals surface area contributed by atoms with Gasteiger partial charge in [0, 0.05) is 11.3 Å². The summed E-state index contributed by atoms with van der Waals surface area (Å²) in [6.45, 7) is 2.33. The Labute approximate surface area is 196 Å². The highest BCUT2D eigenvalue weighted by molar-refractivity contribution is 7.90. The summed E-state index contributed by atoms with van der Waals surface area (Å²) in [6, 6.07) is 19.9. The normalized spacial score (nSPS) is 11.6. The third-order valence-corrected chi connectivity index (χ3v) is 7.43. The third kappa shape index (κ3) is 5.01. The molecule has 1 aromatic heterocycles. The van der Waals surface area contributed by atoms with Gasteiger partial charge in [0.2, 0.25) is 5.91 Å². The number of hydrogen-bond acceptors (Lipinski definition) is 5. The van der Waals surface area contributed by atoms with Crippen LogP contribution in [0.15, 0.2) is 71.6 Å². The van der Waals surface area contributed by atoms with E-state index in [1.54, 1.807) is 17.0 Å². The second-order valence-electron chi connectivity index (χ2n) is 7.62. The van der Waals surface area contributed by atoms with Crippen molar-refractivity contribution >= 4 is 54.0 Å². The molecule has 0 radical (unpaired) electrons. The van der Waals surface area contributed by atoms with Crippen LogP contribution in [0.4, 0.5) is 5.13 Å². The molecule has 0 aliphatic rings. The molecule has 0 unspecified atom stereocenters. The number of rotatable bonds is 6. The summed E-state index contributed by atoms with van der Waals surface area (Å²) in [5.41, 5.74) is 3.51. The topological polar surface area (TPSA) is 67.3 Å². The number of hydrogen-bond donors (Lipinski definition) is 0. The summed E-state index contributed by atoms with van der Waals surface area (Å²) >= 11 is 7.64. The Balaban J connectivity index is 1.68. The highest BCUT2D eigenvalue weighted by atomic mass is 35.5. The fourth-order valence-electron chi connectivity index (χ4n) is 3.41. The molecule has 1 heterocycles. The lowest BCUT2D eigenvalue weighted by atomic mass is 10.1. The van der Waals surface area contributed by atoms with Crippen LogP contribution in [0, 0.1) is 6.92 Å². The number of aromatic nitrogens is 1. The van der Waals surface area contributed by atoms with E-state index in [2.05, 4.69) is 0 Å². The summed E-state index contributed by atoms with van der Waals surface area (Å²) in [6.07, 6.45) is 1.29. The van der Waals surface area contributed by atoms with E-state index < -0.39 is 9.84 Å². The summed E-state index contributed by atoms with van der Waals surface area (Å²) < 4.78 is 24.3. The smallest absolute Gasteiger partial charge is 0.233 e. The molecule has 4 rings (SSSR count). The molecule has 0 saturated heterocycles.